The molecule has 0 N–H and O–H groups in total. The monoisotopic (exact) mass is 658 g/mol. The van der Waals surface area contributed by atoms with Crippen LogP contribution in [0.4, 0.5) is 0 Å². The summed E-state index contributed by atoms with van der Waals surface area (Å²) >= 11 is 7.63. The van der Waals surface area contributed by atoms with E-state index in [9.17, 15) is 9.59 Å². The molecule has 1 atom stereocenters. The molecule has 3 aromatic carbocycles. The Bertz CT molecular complexity index is 1920. The van der Waals surface area contributed by atoms with E-state index >= 15 is 0 Å². The van der Waals surface area contributed by atoms with E-state index in [1.54, 1.807) is 11.5 Å². The Morgan fingerprint density at radius 3 is 2.43 bits per heavy atom. The lowest BCUT2D eigenvalue weighted by Gasteiger charge is -2.26. The highest BCUT2D eigenvalue weighted by Gasteiger charge is 2.34. The van der Waals surface area contributed by atoms with Crippen LogP contribution in [-0.4, -0.2) is 23.8 Å². The van der Waals surface area contributed by atoms with Gasteiger partial charge in [-0.2, -0.15) is 0 Å². The highest BCUT2D eigenvalue weighted by Crippen LogP contribution is 2.34. The molecular weight excluding hydrogens is 620 g/mol. The maximum atomic E-state index is 14.2. The van der Waals surface area contributed by atoms with E-state index in [4.69, 9.17) is 30.8 Å². The molecule has 0 saturated carbocycles. The van der Waals surface area contributed by atoms with E-state index in [-0.39, 0.29) is 12.2 Å². The van der Waals surface area contributed by atoms with Crippen LogP contribution in [0.25, 0.3) is 6.08 Å². The number of halogens is 1. The van der Waals surface area contributed by atoms with Crippen molar-refractivity contribution >= 4 is 35.0 Å². The second-order valence-corrected chi connectivity index (χ2v) is 12.7. The van der Waals surface area contributed by atoms with Gasteiger partial charge in [0, 0.05) is 10.6 Å². The average molecular weight is 659 g/mol. The first-order valence-electron chi connectivity index (χ1n) is 15.7. The molecule has 4 aromatic rings. The van der Waals surface area contributed by atoms with Crippen LogP contribution in [0.3, 0.4) is 0 Å². The summed E-state index contributed by atoms with van der Waals surface area (Å²) < 4.78 is 19.6. The van der Waals surface area contributed by atoms with Crippen LogP contribution in [0, 0.1) is 0 Å². The lowest BCUT2D eigenvalue weighted by molar-refractivity contribution is -0.139. The highest BCUT2D eigenvalue weighted by atomic mass is 35.5. The van der Waals surface area contributed by atoms with Gasteiger partial charge in [-0.25, -0.2) is 9.79 Å². The Morgan fingerprint density at radius 2 is 1.76 bits per heavy atom. The second-order valence-electron chi connectivity index (χ2n) is 11.3. The van der Waals surface area contributed by atoms with Gasteiger partial charge in [-0.1, -0.05) is 98.7 Å². The number of ether oxygens (including phenoxy) is 3. The zero-order valence-electron chi connectivity index (χ0n) is 26.8. The average Bonchev–Trinajstić information content (AvgIpc) is 3.35. The van der Waals surface area contributed by atoms with Gasteiger partial charge >= 0.3 is 5.97 Å². The third-order valence-corrected chi connectivity index (χ3v) is 9.07. The van der Waals surface area contributed by atoms with Gasteiger partial charge in [0.2, 0.25) is 0 Å². The van der Waals surface area contributed by atoms with E-state index in [2.05, 4.69) is 26.0 Å². The highest BCUT2D eigenvalue weighted by molar-refractivity contribution is 7.07. The number of benzene rings is 3. The Labute approximate surface area is 278 Å². The number of rotatable bonds is 12. The molecule has 1 aromatic heterocycles. The molecule has 2 heterocycles. The number of hydrogen-bond donors (Lipinski definition) is 0. The maximum absolute atomic E-state index is 14.2. The summed E-state index contributed by atoms with van der Waals surface area (Å²) in [5, 5.41) is 0.634. The molecule has 0 unspecified atom stereocenters. The van der Waals surface area contributed by atoms with E-state index in [1.165, 1.54) is 16.9 Å². The Balaban J connectivity index is 1.59. The van der Waals surface area contributed by atoms with Gasteiger partial charge in [-0.05, 0) is 67.2 Å². The predicted molar refractivity (Wildman–Crippen MR) is 184 cm³/mol. The summed E-state index contributed by atoms with van der Waals surface area (Å²) in [6.07, 6.45) is 3.21. The zero-order chi connectivity index (χ0) is 32.8. The number of carbonyl (C=O) groups excluding carboxylic acids is 1. The van der Waals surface area contributed by atoms with Crippen molar-refractivity contribution in [2.45, 2.75) is 66.0 Å². The van der Waals surface area contributed by atoms with Gasteiger partial charge in [0.1, 0.15) is 6.61 Å². The van der Waals surface area contributed by atoms with E-state index < -0.39 is 12.0 Å². The van der Waals surface area contributed by atoms with Crippen LogP contribution < -0.4 is 24.4 Å². The van der Waals surface area contributed by atoms with Gasteiger partial charge < -0.3 is 14.2 Å². The summed E-state index contributed by atoms with van der Waals surface area (Å²) in [4.78, 5) is 33.1. The van der Waals surface area contributed by atoms with Crippen LogP contribution in [-0.2, 0) is 16.1 Å². The van der Waals surface area contributed by atoms with Gasteiger partial charge in [0.25, 0.3) is 5.56 Å². The Morgan fingerprint density at radius 1 is 1.00 bits per heavy atom. The fourth-order valence-electron chi connectivity index (χ4n) is 5.42. The topological polar surface area (TPSA) is 79.1 Å². The molecule has 46 heavy (non-hydrogen) atoms. The molecule has 0 fully saturated rings. The van der Waals surface area contributed by atoms with Gasteiger partial charge in [0.05, 0.1) is 35.1 Å². The largest absolute Gasteiger partial charge is 0.490 e. The number of fused-ring (bicyclic) bond motifs is 1. The van der Waals surface area contributed by atoms with Gasteiger partial charge in [-0.3, -0.25) is 9.36 Å². The van der Waals surface area contributed by atoms with E-state index in [0.717, 1.165) is 23.1 Å². The number of nitrogens with zero attached hydrogens (tertiary/aromatic N) is 2. The van der Waals surface area contributed by atoms with E-state index in [1.807, 2.05) is 74.5 Å². The van der Waals surface area contributed by atoms with Crippen molar-refractivity contribution in [2.24, 2.45) is 4.99 Å². The molecule has 1 aliphatic rings. The summed E-state index contributed by atoms with van der Waals surface area (Å²) in [6.45, 7) is 11.0. The summed E-state index contributed by atoms with van der Waals surface area (Å²) in [5.41, 5.74) is 4.50. The van der Waals surface area contributed by atoms with Crippen molar-refractivity contribution in [1.82, 2.24) is 4.57 Å². The van der Waals surface area contributed by atoms with Crippen molar-refractivity contribution in [2.75, 3.05) is 13.2 Å². The summed E-state index contributed by atoms with van der Waals surface area (Å²) in [6, 6.07) is 20.6. The lowest BCUT2D eigenvalue weighted by atomic mass is 9.92. The van der Waals surface area contributed by atoms with Gasteiger partial charge in [-0.15, -0.1) is 0 Å². The lowest BCUT2D eigenvalue weighted by Crippen LogP contribution is -2.40. The molecule has 240 valence electrons. The molecule has 0 saturated heterocycles. The SMILES string of the molecule is CCCC1=C(C(=O)OCC)[C@H](c2ccc(C(C)C)cc2)n2c(s/c(=C\c3ccc(OCc4ccccc4Cl)c(OCC)c3)c2=O)=N1. The number of thiazole rings is 1. The number of carbonyl (C=O) groups is 1. The van der Waals surface area contributed by atoms with Crippen molar-refractivity contribution in [1.29, 1.82) is 0 Å². The van der Waals surface area contributed by atoms with Crippen molar-refractivity contribution in [3.63, 3.8) is 0 Å². The minimum Gasteiger partial charge on any atom is -0.490 e. The maximum Gasteiger partial charge on any atom is 0.338 e. The first kappa shape index (κ1) is 33.2. The Hall–Kier alpha value is -4.14. The van der Waals surface area contributed by atoms with Crippen molar-refractivity contribution < 1.29 is 19.0 Å². The quantitative estimate of drug-likeness (QED) is 0.149. The molecule has 0 spiro atoms. The first-order chi connectivity index (χ1) is 22.2. The number of allylic oxidation sites excluding steroid dienone is 1. The van der Waals surface area contributed by atoms with Crippen molar-refractivity contribution in [3.05, 3.63) is 125 Å². The van der Waals surface area contributed by atoms with Crippen LogP contribution in [0.15, 0.2) is 87.8 Å². The molecule has 0 bridgehead atoms. The normalized spacial score (nSPS) is 14.7. The first-order valence-corrected chi connectivity index (χ1v) is 16.9. The number of aromatic nitrogens is 1. The molecule has 1 aliphatic heterocycles. The van der Waals surface area contributed by atoms with Gasteiger partial charge in [0.15, 0.2) is 16.3 Å². The minimum absolute atomic E-state index is 0.226. The molecule has 0 amide bonds. The Kier molecular flexibility index (Phi) is 10.8. The number of esters is 1. The van der Waals surface area contributed by atoms with Crippen LogP contribution >= 0.6 is 22.9 Å². The molecule has 0 aliphatic carbocycles. The molecular formula is C37H39ClN2O5S. The van der Waals surface area contributed by atoms with Crippen molar-refractivity contribution in [3.8, 4) is 11.5 Å². The summed E-state index contributed by atoms with van der Waals surface area (Å²) in [5.74, 6) is 1.04. The molecule has 9 heteroatoms. The minimum atomic E-state index is -0.653. The van der Waals surface area contributed by atoms with Crippen LogP contribution in [0.1, 0.15) is 81.7 Å². The number of hydrogen-bond acceptors (Lipinski definition) is 7. The van der Waals surface area contributed by atoms with E-state index in [0.29, 0.717) is 62.7 Å². The smallest absolute Gasteiger partial charge is 0.338 e. The third kappa shape index (κ3) is 7.13. The predicted octanol–water partition coefficient (Wildman–Crippen LogP) is 7.33. The molecule has 5 rings (SSSR count). The zero-order valence-corrected chi connectivity index (χ0v) is 28.4. The second kappa shape index (κ2) is 15.0. The molecule has 0 radical (unpaired) electrons. The fraction of sp³-hybridized carbons (Fsp3) is 0.324. The summed E-state index contributed by atoms with van der Waals surface area (Å²) in [7, 11) is 0. The van der Waals surface area contributed by atoms with Crippen LogP contribution in [0.2, 0.25) is 5.02 Å². The van der Waals surface area contributed by atoms with Crippen LogP contribution in [0.5, 0.6) is 11.5 Å². The fourth-order valence-corrected chi connectivity index (χ4v) is 6.63. The standard InChI is InChI=1S/C37H39ClN2O5S/c1-6-11-29-33(36(42)44-8-3)34(26-17-15-25(16-18-26)23(4)5)40-35(41)32(46-37(40)39-29)21-24-14-19-30(31(20-24)43-7-2)45-22-27-12-9-10-13-28(27)38/h9-10,12-21,23,34H,6-8,11,22H2,1-5H3/b32-21-/t34-/m0/s1. The third-order valence-electron chi connectivity index (χ3n) is 7.72. The molecule has 7 nitrogen and oxygen atoms in total.